The Labute approximate surface area is 140 Å². The smallest absolute Gasteiger partial charge is 0.161 e. The molecule has 1 fully saturated rings. The Morgan fingerprint density at radius 2 is 2.09 bits per heavy atom. The van der Waals surface area contributed by atoms with E-state index in [2.05, 4.69) is 6.07 Å². The molecule has 0 saturated carbocycles. The molecule has 22 heavy (non-hydrogen) atoms. The number of aliphatic imine (C=N–C) groups is 1. The first-order valence-electron chi connectivity index (χ1n) is 7.95. The van der Waals surface area contributed by atoms with Crippen molar-refractivity contribution in [1.82, 2.24) is 0 Å². The highest BCUT2D eigenvalue weighted by Gasteiger charge is 2.41. The summed E-state index contributed by atoms with van der Waals surface area (Å²) in [5.74, 6) is 1.58. The van der Waals surface area contributed by atoms with E-state index in [4.69, 9.17) is 16.6 Å². The molecule has 0 N–H and O–H groups in total. The molecule has 1 aliphatic carbocycles. The second-order valence-electron chi connectivity index (χ2n) is 6.17. The molecule has 0 radical (unpaired) electrons. The first-order valence-corrected chi connectivity index (χ1v) is 9.37. The average Bonchev–Trinajstić information content (AvgIpc) is 2.53. The number of fused-ring (bicyclic) bond motifs is 1. The third-order valence-corrected chi connectivity index (χ3v) is 6.39. The van der Waals surface area contributed by atoms with E-state index in [1.165, 1.54) is 17.7 Å². The SMILES string of the molecule is O=C1CCCC2=C1C(c1cccc(Cl)c1)C1SCCCC1=N2. The van der Waals surface area contributed by atoms with Crippen molar-refractivity contribution in [3.05, 3.63) is 46.1 Å². The first kappa shape index (κ1) is 14.5. The van der Waals surface area contributed by atoms with Crippen molar-refractivity contribution in [3.8, 4) is 0 Å². The minimum Gasteiger partial charge on any atom is -0.294 e. The van der Waals surface area contributed by atoms with Gasteiger partial charge in [0.15, 0.2) is 5.78 Å². The van der Waals surface area contributed by atoms with Gasteiger partial charge in [0.2, 0.25) is 0 Å². The molecule has 0 spiro atoms. The summed E-state index contributed by atoms with van der Waals surface area (Å²) in [7, 11) is 0. The molecule has 4 rings (SSSR count). The number of carbonyl (C=O) groups excluding carboxylic acids is 1. The summed E-state index contributed by atoms with van der Waals surface area (Å²) in [5, 5.41) is 1.06. The highest BCUT2D eigenvalue weighted by atomic mass is 35.5. The zero-order valence-electron chi connectivity index (χ0n) is 12.3. The molecular weight excluding hydrogens is 314 g/mol. The minimum atomic E-state index is 0.138. The predicted octanol–water partition coefficient (Wildman–Crippen LogP) is 4.78. The molecule has 2 nitrogen and oxygen atoms in total. The molecule has 2 atom stereocenters. The lowest BCUT2D eigenvalue weighted by atomic mass is 9.76. The first-order chi connectivity index (χ1) is 10.7. The van der Waals surface area contributed by atoms with Gasteiger partial charge < -0.3 is 0 Å². The lowest BCUT2D eigenvalue weighted by Gasteiger charge is -2.38. The minimum absolute atomic E-state index is 0.138. The third kappa shape index (κ3) is 2.44. The number of Topliss-reactive ketones (excluding diaryl/α,β-unsaturated/α-hetero) is 1. The molecule has 4 heteroatoms. The monoisotopic (exact) mass is 331 g/mol. The maximum atomic E-state index is 12.6. The van der Waals surface area contributed by atoms with Crippen molar-refractivity contribution in [3.63, 3.8) is 0 Å². The largest absolute Gasteiger partial charge is 0.294 e. The van der Waals surface area contributed by atoms with Crippen molar-refractivity contribution >= 4 is 34.9 Å². The van der Waals surface area contributed by atoms with Crippen LogP contribution < -0.4 is 0 Å². The zero-order valence-corrected chi connectivity index (χ0v) is 13.9. The Morgan fingerprint density at radius 1 is 1.18 bits per heavy atom. The Balaban J connectivity index is 1.87. The maximum Gasteiger partial charge on any atom is 0.161 e. The summed E-state index contributed by atoms with van der Waals surface area (Å²) >= 11 is 8.17. The van der Waals surface area contributed by atoms with E-state index in [1.54, 1.807) is 0 Å². The number of hydrogen-bond donors (Lipinski definition) is 0. The fraction of sp³-hybridized carbons (Fsp3) is 0.444. The van der Waals surface area contributed by atoms with Crippen LogP contribution in [0.1, 0.15) is 43.6 Å². The number of ketones is 1. The molecule has 3 aliphatic rings. The summed E-state index contributed by atoms with van der Waals surface area (Å²) in [6, 6.07) is 8.02. The van der Waals surface area contributed by atoms with E-state index < -0.39 is 0 Å². The van der Waals surface area contributed by atoms with Crippen molar-refractivity contribution in [1.29, 1.82) is 0 Å². The molecule has 114 valence electrons. The number of halogens is 1. The molecule has 2 unspecified atom stereocenters. The van der Waals surface area contributed by atoms with Crippen LogP contribution in [0.4, 0.5) is 0 Å². The Morgan fingerprint density at radius 3 is 2.95 bits per heavy atom. The maximum absolute atomic E-state index is 12.6. The number of allylic oxidation sites excluding steroid dienone is 2. The van der Waals surface area contributed by atoms with Gasteiger partial charge in [-0.05, 0) is 49.1 Å². The topological polar surface area (TPSA) is 29.4 Å². The van der Waals surface area contributed by atoms with Gasteiger partial charge in [-0.3, -0.25) is 9.79 Å². The van der Waals surface area contributed by atoms with Crippen LogP contribution in [-0.4, -0.2) is 22.5 Å². The van der Waals surface area contributed by atoms with E-state index in [1.807, 2.05) is 30.0 Å². The molecule has 1 aromatic carbocycles. The van der Waals surface area contributed by atoms with Gasteiger partial charge in [-0.15, -0.1) is 0 Å². The molecule has 2 aliphatic heterocycles. The van der Waals surface area contributed by atoms with Crippen LogP contribution in [0.5, 0.6) is 0 Å². The van der Waals surface area contributed by atoms with Gasteiger partial charge >= 0.3 is 0 Å². The second-order valence-corrected chi connectivity index (χ2v) is 7.85. The number of nitrogens with zero attached hydrogens (tertiary/aromatic N) is 1. The molecule has 0 amide bonds. The van der Waals surface area contributed by atoms with Gasteiger partial charge in [-0.25, -0.2) is 0 Å². The normalized spacial score (nSPS) is 28.0. The van der Waals surface area contributed by atoms with Gasteiger partial charge in [0.1, 0.15) is 0 Å². The van der Waals surface area contributed by atoms with E-state index >= 15 is 0 Å². The number of carbonyl (C=O) groups is 1. The molecule has 1 aromatic rings. The van der Waals surface area contributed by atoms with E-state index in [9.17, 15) is 4.79 Å². The van der Waals surface area contributed by atoms with Crippen LogP contribution in [0.25, 0.3) is 0 Å². The predicted molar refractivity (Wildman–Crippen MR) is 93.0 cm³/mol. The highest BCUT2D eigenvalue weighted by molar-refractivity contribution is 8.00. The number of hydrogen-bond acceptors (Lipinski definition) is 3. The second kappa shape index (κ2) is 5.86. The Kier molecular flexibility index (Phi) is 3.87. The molecule has 1 saturated heterocycles. The van der Waals surface area contributed by atoms with Crippen molar-refractivity contribution in [2.24, 2.45) is 4.99 Å². The number of rotatable bonds is 1. The molecule has 2 heterocycles. The average molecular weight is 332 g/mol. The van der Waals surface area contributed by atoms with Crippen LogP contribution in [-0.2, 0) is 4.79 Å². The Hall–Kier alpha value is -1.06. The standard InChI is InChI=1S/C18H18ClNOS/c19-12-5-1-4-11(10-12)16-17-13(6-2-8-15(17)21)20-14-7-3-9-22-18(14)16/h1,4-5,10,16,18H,2-3,6-9H2. The lowest BCUT2D eigenvalue weighted by Crippen LogP contribution is -2.36. The molecule has 0 bridgehead atoms. The quantitative estimate of drug-likeness (QED) is 0.741. The zero-order chi connectivity index (χ0) is 15.1. The summed E-state index contributed by atoms with van der Waals surface area (Å²) in [5.41, 5.74) is 4.48. The molecular formula is C18H18ClNOS. The Bertz CT molecular complexity index is 694. The summed E-state index contributed by atoms with van der Waals surface area (Å²) in [6.07, 6.45) is 4.81. The van der Waals surface area contributed by atoms with Crippen molar-refractivity contribution in [2.75, 3.05) is 5.75 Å². The van der Waals surface area contributed by atoms with E-state index in [-0.39, 0.29) is 5.92 Å². The number of benzene rings is 1. The van der Waals surface area contributed by atoms with E-state index in [0.29, 0.717) is 17.5 Å². The third-order valence-electron chi connectivity index (χ3n) is 4.73. The summed E-state index contributed by atoms with van der Waals surface area (Å²) < 4.78 is 0. The fourth-order valence-corrected chi connectivity index (χ4v) is 5.40. The lowest BCUT2D eigenvalue weighted by molar-refractivity contribution is -0.116. The summed E-state index contributed by atoms with van der Waals surface area (Å²) in [4.78, 5) is 17.5. The van der Waals surface area contributed by atoms with Crippen LogP contribution in [0.15, 0.2) is 40.5 Å². The van der Waals surface area contributed by atoms with Crippen LogP contribution >= 0.6 is 23.4 Å². The van der Waals surface area contributed by atoms with Crippen LogP contribution in [0, 0.1) is 0 Å². The molecule has 0 aromatic heterocycles. The van der Waals surface area contributed by atoms with Gasteiger partial charge in [0.25, 0.3) is 0 Å². The van der Waals surface area contributed by atoms with Crippen LogP contribution in [0.2, 0.25) is 5.02 Å². The highest BCUT2D eigenvalue weighted by Crippen LogP contribution is 2.46. The van der Waals surface area contributed by atoms with Crippen molar-refractivity contribution in [2.45, 2.75) is 43.3 Å². The summed E-state index contributed by atoms with van der Waals surface area (Å²) in [6.45, 7) is 0. The van der Waals surface area contributed by atoms with Gasteiger partial charge in [0, 0.05) is 34.3 Å². The van der Waals surface area contributed by atoms with E-state index in [0.717, 1.165) is 41.3 Å². The van der Waals surface area contributed by atoms with Crippen molar-refractivity contribution < 1.29 is 4.79 Å². The number of thioether (sulfide) groups is 1. The van der Waals surface area contributed by atoms with Gasteiger partial charge in [-0.1, -0.05) is 23.7 Å². The fourth-order valence-electron chi connectivity index (χ4n) is 3.79. The van der Waals surface area contributed by atoms with Crippen LogP contribution in [0.3, 0.4) is 0 Å². The van der Waals surface area contributed by atoms with Gasteiger partial charge in [0.05, 0.1) is 5.25 Å². The van der Waals surface area contributed by atoms with Gasteiger partial charge in [-0.2, -0.15) is 11.8 Å².